The second-order valence-corrected chi connectivity index (χ2v) is 7.88. The SMILES string of the molecule is Cc1nc2nc(N)nn2c(C)c1CC(=O)NCCCc1nc(-c2ccncc2)cs1. The summed E-state index contributed by atoms with van der Waals surface area (Å²) in [7, 11) is 0. The average Bonchev–Trinajstić information content (AvgIpc) is 3.35. The summed E-state index contributed by atoms with van der Waals surface area (Å²) in [6, 6.07) is 3.89. The van der Waals surface area contributed by atoms with Gasteiger partial charge >= 0.3 is 0 Å². The van der Waals surface area contributed by atoms with Crippen molar-refractivity contribution in [3.05, 3.63) is 51.9 Å². The van der Waals surface area contributed by atoms with Crippen LogP contribution in [0.25, 0.3) is 17.0 Å². The Kier molecular flexibility index (Phi) is 5.66. The maximum absolute atomic E-state index is 12.4. The first-order valence-corrected chi connectivity index (χ1v) is 10.5. The van der Waals surface area contributed by atoms with Crippen molar-refractivity contribution in [2.24, 2.45) is 0 Å². The number of amides is 1. The molecule has 0 aromatic carbocycles. The van der Waals surface area contributed by atoms with Crippen LogP contribution in [0.3, 0.4) is 0 Å². The van der Waals surface area contributed by atoms with Gasteiger partial charge in [0.15, 0.2) is 0 Å². The van der Waals surface area contributed by atoms with E-state index in [0.717, 1.165) is 46.1 Å². The maximum Gasteiger partial charge on any atom is 0.254 e. The molecule has 0 atom stereocenters. The van der Waals surface area contributed by atoms with Gasteiger partial charge in [0.25, 0.3) is 5.78 Å². The second-order valence-electron chi connectivity index (χ2n) is 6.94. The number of thiazole rings is 1. The van der Waals surface area contributed by atoms with E-state index in [1.165, 1.54) is 0 Å². The number of carbonyl (C=O) groups is 1. The van der Waals surface area contributed by atoms with E-state index in [-0.39, 0.29) is 18.3 Å². The van der Waals surface area contributed by atoms with Crippen molar-refractivity contribution in [3.63, 3.8) is 0 Å². The van der Waals surface area contributed by atoms with Crippen LogP contribution in [0.4, 0.5) is 5.95 Å². The van der Waals surface area contributed by atoms with Gasteiger partial charge in [-0.2, -0.15) is 9.50 Å². The molecule has 4 aromatic heterocycles. The first-order chi connectivity index (χ1) is 14.5. The van der Waals surface area contributed by atoms with E-state index in [4.69, 9.17) is 5.73 Å². The van der Waals surface area contributed by atoms with Crippen molar-refractivity contribution in [1.29, 1.82) is 0 Å². The predicted octanol–water partition coefficient (Wildman–Crippen LogP) is 2.13. The summed E-state index contributed by atoms with van der Waals surface area (Å²) < 4.78 is 1.58. The van der Waals surface area contributed by atoms with Crippen LogP contribution in [-0.2, 0) is 17.6 Å². The highest BCUT2D eigenvalue weighted by Crippen LogP contribution is 2.21. The number of nitrogen functional groups attached to an aromatic ring is 1. The van der Waals surface area contributed by atoms with Crippen LogP contribution in [0, 0.1) is 13.8 Å². The summed E-state index contributed by atoms with van der Waals surface area (Å²) in [6.07, 6.45) is 5.41. The molecule has 0 spiro atoms. The minimum absolute atomic E-state index is 0.0490. The third kappa shape index (κ3) is 4.28. The highest BCUT2D eigenvalue weighted by Gasteiger charge is 2.15. The highest BCUT2D eigenvalue weighted by atomic mass is 32.1. The number of nitrogens with one attached hydrogen (secondary N) is 1. The minimum Gasteiger partial charge on any atom is -0.366 e. The molecule has 4 aromatic rings. The lowest BCUT2D eigenvalue weighted by atomic mass is 10.1. The molecular weight excluding hydrogens is 400 g/mol. The maximum atomic E-state index is 12.4. The fraction of sp³-hybridized carbons (Fsp3) is 0.300. The average molecular weight is 423 g/mol. The van der Waals surface area contributed by atoms with Crippen LogP contribution in [0.1, 0.15) is 28.4 Å². The van der Waals surface area contributed by atoms with Gasteiger partial charge in [-0.05, 0) is 32.4 Å². The van der Waals surface area contributed by atoms with Crippen molar-refractivity contribution in [1.82, 2.24) is 34.9 Å². The number of anilines is 1. The smallest absolute Gasteiger partial charge is 0.254 e. The molecule has 10 heteroatoms. The lowest BCUT2D eigenvalue weighted by molar-refractivity contribution is -0.120. The molecule has 0 saturated heterocycles. The van der Waals surface area contributed by atoms with Gasteiger partial charge in [-0.15, -0.1) is 16.4 Å². The molecule has 9 nitrogen and oxygen atoms in total. The summed E-state index contributed by atoms with van der Waals surface area (Å²) in [4.78, 5) is 29.6. The molecule has 1 amide bonds. The van der Waals surface area contributed by atoms with Gasteiger partial charge < -0.3 is 11.1 Å². The predicted molar refractivity (Wildman–Crippen MR) is 115 cm³/mol. The zero-order valence-electron chi connectivity index (χ0n) is 16.8. The summed E-state index contributed by atoms with van der Waals surface area (Å²) in [6.45, 7) is 4.34. The fourth-order valence-corrected chi connectivity index (χ4v) is 4.10. The number of hydrogen-bond acceptors (Lipinski definition) is 8. The highest BCUT2D eigenvalue weighted by molar-refractivity contribution is 7.09. The standard InChI is InChI=1S/C20H22N8OS/c1-12-15(13(2)28-20(24-12)26-19(21)27-28)10-17(29)23-7-3-4-18-25-16(11-30-18)14-5-8-22-9-6-14/h5-6,8-9,11H,3-4,7,10H2,1-2H3,(H2,21,27)(H,23,29). The Balaban J connectivity index is 1.30. The third-order valence-electron chi connectivity index (χ3n) is 4.82. The van der Waals surface area contributed by atoms with Crippen LogP contribution in [0.2, 0.25) is 0 Å². The summed E-state index contributed by atoms with van der Waals surface area (Å²) in [5.74, 6) is 0.564. The molecule has 0 fully saturated rings. The van der Waals surface area contributed by atoms with Crippen molar-refractivity contribution >= 4 is 29.0 Å². The minimum atomic E-state index is -0.0490. The Bertz CT molecular complexity index is 1180. The normalized spacial score (nSPS) is 11.1. The molecular formula is C20H22N8OS. The zero-order valence-corrected chi connectivity index (χ0v) is 17.6. The molecule has 0 unspecified atom stereocenters. The molecule has 0 aliphatic heterocycles. The van der Waals surface area contributed by atoms with Crippen molar-refractivity contribution in [2.75, 3.05) is 12.3 Å². The molecule has 154 valence electrons. The molecule has 4 heterocycles. The monoisotopic (exact) mass is 422 g/mol. The van der Waals surface area contributed by atoms with Crippen LogP contribution in [-0.4, -0.2) is 42.0 Å². The first-order valence-electron chi connectivity index (χ1n) is 9.61. The summed E-state index contributed by atoms with van der Waals surface area (Å²) in [5, 5.41) is 10.2. The van der Waals surface area contributed by atoms with Crippen LogP contribution in [0.15, 0.2) is 29.9 Å². The Morgan fingerprint density at radius 2 is 2.00 bits per heavy atom. The van der Waals surface area contributed by atoms with Crippen LogP contribution >= 0.6 is 11.3 Å². The quantitative estimate of drug-likeness (QED) is 0.437. The number of fused-ring (bicyclic) bond motifs is 1. The number of nitrogens with two attached hydrogens (primary N) is 1. The number of pyridine rings is 1. The number of aromatic nitrogens is 6. The molecule has 30 heavy (non-hydrogen) atoms. The van der Waals surface area contributed by atoms with E-state index in [2.05, 4.69) is 35.7 Å². The molecule has 0 radical (unpaired) electrons. The summed E-state index contributed by atoms with van der Waals surface area (Å²) in [5.41, 5.74) is 10.1. The Hall–Kier alpha value is -3.40. The molecule has 0 aliphatic carbocycles. The topological polar surface area (TPSA) is 124 Å². The third-order valence-corrected chi connectivity index (χ3v) is 5.73. The van der Waals surface area contributed by atoms with Crippen LogP contribution < -0.4 is 11.1 Å². The van der Waals surface area contributed by atoms with Crippen molar-refractivity contribution in [3.8, 4) is 11.3 Å². The molecule has 3 N–H and O–H groups in total. The van der Waals surface area contributed by atoms with Gasteiger partial charge in [0.05, 0.1) is 17.1 Å². The van der Waals surface area contributed by atoms with Gasteiger partial charge in [-0.3, -0.25) is 9.78 Å². The lowest BCUT2D eigenvalue weighted by Crippen LogP contribution is -2.27. The Labute approximate surface area is 177 Å². The summed E-state index contributed by atoms with van der Waals surface area (Å²) >= 11 is 1.63. The molecule has 0 saturated carbocycles. The number of rotatable bonds is 7. The van der Waals surface area contributed by atoms with E-state index >= 15 is 0 Å². The number of aryl methyl sites for hydroxylation is 3. The van der Waals surface area contributed by atoms with Gasteiger partial charge in [0.2, 0.25) is 11.9 Å². The van der Waals surface area contributed by atoms with E-state index in [9.17, 15) is 4.79 Å². The largest absolute Gasteiger partial charge is 0.366 e. The van der Waals surface area contributed by atoms with E-state index in [0.29, 0.717) is 12.3 Å². The second kappa shape index (κ2) is 8.54. The van der Waals surface area contributed by atoms with Gasteiger partial charge in [0, 0.05) is 53.3 Å². The van der Waals surface area contributed by atoms with Crippen molar-refractivity contribution in [2.45, 2.75) is 33.1 Å². The first kappa shape index (κ1) is 19.9. The van der Waals surface area contributed by atoms with Crippen molar-refractivity contribution < 1.29 is 4.79 Å². The Morgan fingerprint density at radius 1 is 1.20 bits per heavy atom. The van der Waals surface area contributed by atoms with E-state index < -0.39 is 0 Å². The molecule has 0 bridgehead atoms. The van der Waals surface area contributed by atoms with Gasteiger partial charge in [-0.25, -0.2) is 9.97 Å². The fourth-order valence-electron chi connectivity index (χ4n) is 3.25. The Morgan fingerprint density at radius 3 is 2.80 bits per heavy atom. The van der Waals surface area contributed by atoms with E-state index in [1.807, 2.05) is 26.0 Å². The van der Waals surface area contributed by atoms with Gasteiger partial charge in [0.1, 0.15) is 0 Å². The van der Waals surface area contributed by atoms with Crippen LogP contribution in [0.5, 0.6) is 0 Å². The van der Waals surface area contributed by atoms with Gasteiger partial charge in [-0.1, -0.05) is 0 Å². The molecule has 0 aliphatic rings. The number of hydrogen-bond donors (Lipinski definition) is 2. The zero-order chi connectivity index (χ0) is 21.1. The van der Waals surface area contributed by atoms with E-state index in [1.54, 1.807) is 28.2 Å². The molecule has 4 rings (SSSR count). The lowest BCUT2D eigenvalue weighted by Gasteiger charge is -2.10. The number of nitrogens with zero attached hydrogens (tertiary/aromatic N) is 6. The number of carbonyl (C=O) groups excluding carboxylic acids is 1.